The summed E-state index contributed by atoms with van der Waals surface area (Å²) in [5.74, 6) is 0.398. The van der Waals surface area contributed by atoms with E-state index < -0.39 is 9.84 Å². The van der Waals surface area contributed by atoms with Gasteiger partial charge in [0.05, 0.1) is 11.0 Å². The molecule has 0 aliphatic carbocycles. The zero-order chi connectivity index (χ0) is 13.2. The Morgan fingerprint density at radius 2 is 2.17 bits per heavy atom. The molecule has 2 aliphatic heterocycles. The summed E-state index contributed by atoms with van der Waals surface area (Å²) in [5, 5.41) is 3.48. The van der Waals surface area contributed by atoms with E-state index in [2.05, 4.69) is 24.1 Å². The van der Waals surface area contributed by atoms with E-state index in [1.165, 1.54) is 0 Å². The van der Waals surface area contributed by atoms with Crippen molar-refractivity contribution in [2.75, 3.05) is 31.9 Å². The first kappa shape index (κ1) is 14.3. The molecule has 2 heterocycles. The van der Waals surface area contributed by atoms with Gasteiger partial charge < -0.3 is 10.2 Å². The fourth-order valence-electron chi connectivity index (χ4n) is 3.07. The van der Waals surface area contributed by atoms with Crippen LogP contribution in [0.15, 0.2) is 0 Å². The van der Waals surface area contributed by atoms with E-state index in [4.69, 9.17) is 0 Å². The second kappa shape index (κ2) is 5.47. The Morgan fingerprint density at radius 3 is 2.78 bits per heavy atom. The van der Waals surface area contributed by atoms with Crippen molar-refractivity contribution in [3.63, 3.8) is 0 Å². The molecule has 0 saturated carbocycles. The van der Waals surface area contributed by atoms with Crippen molar-refractivity contribution in [3.8, 4) is 0 Å². The summed E-state index contributed by atoms with van der Waals surface area (Å²) in [7, 11) is -2.80. The maximum atomic E-state index is 11.9. The van der Waals surface area contributed by atoms with E-state index in [0.717, 1.165) is 51.9 Å². The van der Waals surface area contributed by atoms with Crippen LogP contribution < -0.4 is 5.32 Å². The Morgan fingerprint density at radius 1 is 1.39 bits per heavy atom. The van der Waals surface area contributed by atoms with Gasteiger partial charge in [-0.1, -0.05) is 6.92 Å². The van der Waals surface area contributed by atoms with Crippen molar-refractivity contribution in [2.24, 2.45) is 0 Å². The molecule has 2 unspecified atom stereocenters. The number of sulfone groups is 1. The summed E-state index contributed by atoms with van der Waals surface area (Å²) in [6, 6.07) is 0. The summed E-state index contributed by atoms with van der Waals surface area (Å²) < 4.78 is 23.8. The molecule has 4 nitrogen and oxygen atoms in total. The Hall–Kier alpha value is -0.130. The molecule has 0 aromatic rings. The number of nitrogens with one attached hydrogen (secondary N) is 1. The molecule has 0 aromatic carbocycles. The summed E-state index contributed by atoms with van der Waals surface area (Å²) in [6.07, 6.45) is 3.91. The van der Waals surface area contributed by atoms with Crippen molar-refractivity contribution in [2.45, 2.75) is 50.3 Å². The highest BCUT2D eigenvalue weighted by Gasteiger charge is 2.35. The molecule has 2 rings (SSSR count). The quantitative estimate of drug-likeness (QED) is 0.835. The van der Waals surface area contributed by atoms with Gasteiger partial charge in [-0.25, -0.2) is 8.42 Å². The summed E-state index contributed by atoms with van der Waals surface area (Å²) in [4.78, 5) is 2.36. The summed E-state index contributed by atoms with van der Waals surface area (Å²) in [5.41, 5.74) is 0.138. The molecule has 2 aliphatic rings. The molecular formula is C13H26N2O2S. The number of nitrogens with zero attached hydrogens (tertiary/aromatic N) is 1. The molecular weight excluding hydrogens is 248 g/mol. The lowest BCUT2D eigenvalue weighted by atomic mass is 9.98. The molecule has 106 valence electrons. The van der Waals surface area contributed by atoms with Gasteiger partial charge in [0.1, 0.15) is 0 Å². The van der Waals surface area contributed by atoms with E-state index in [1.54, 1.807) is 0 Å². The van der Waals surface area contributed by atoms with Crippen LogP contribution in [0.2, 0.25) is 0 Å². The molecule has 18 heavy (non-hydrogen) atoms. The Labute approximate surface area is 111 Å². The minimum Gasteiger partial charge on any atom is -0.310 e. The van der Waals surface area contributed by atoms with Crippen LogP contribution in [0.3, 0.4) is 0 Å². The zero-order valence-corrected chi connectivity index (χ0v) is 12.4. The van der Waals surface area contributed by atoms with Crippen molar-refractivity contribution in [1.82, 2.24) is 10.2 Å². The van der Waals surface area contributed by atoms with Crippen LogP contribution in [0.4, 0.5) is 0 Å². The van der Waals surface area contributed by atoms with Crippen molar-refractivity contribution in [3.05, 3.63) is 0 Å². The molecule has 2 saturated heterocycles. The lowest BCUT2D eigenvalue weighted by molar-refractivity contribution is 0.214. The van der Waals surface area contributed by atoms with Gasteiger partial charge in [-0.05, 0) is 45.7 Å². The summed E-state index contributed by atoms with van der Waals surface area (Å²) >= 11 is 0. The third-order valence-electron chi connectivity index (χ3n) is 4.48. The highest BCUT2D eigenvalue weighted by Crippen LogP contribution is 2.23. The molecule has 2 fully saturated rings. The first-order chi connectivity index (χ1) is 8.45. The third kappa shape index (κ3) is 3.25. The minimum absolute atomic E-state index is 0.114. The highest BCUT2D eigenvalue weighted by molar-refractivity contribution is 7.92. The Balaban J connectivity index is 2.00. The maximum absolute atomic E-state index is 11.9. The third-order valence-corrected chi connectivity index (χ3v) is 6.74. The van der Waals surface area contributed by atoms with E-state index in [1.807, 2.05) is 0 Å². The molecule has 0 aromatic heterocycles. The first-order valence-electron chi connectivity index (χ1n) is 7.14. The topological polar surface area (TPSA) is 49.4 Å². The SMILES string of the molecule is CCC1(C)CN(CC2CCCS2(=O)=O)CCCN1. The van der Waals surface area contributed by atoms with Crippen molar-refractivity contribution >= 4 is 9.84 Å². The van der Waals surface area contributed by atoms with Crippen LogP contribution in [-0.4, -0.2) is 56.0 Å². The first-order valence-corrected chi connectivity index (χ1v) is 8.86. The van der Waals surface area contributed by atoms with Crippen LogP contribution in [0.1, 0.15) is 39.5 Å². The van der Waals surface area contributed by atoms with Gasteiger partial charge in [-0.2, -0.15) is 0 Å². The van der Waals surface area contributed by atoms with Crippen LogP contribution in [-0.2, 0) is 9.84 Å². The van der Waals surface area contributed by atoms with E-state index in [-0.39, 0.29) is 10.8 Å². The van der Waals surface area contributed by atoms with E-state index >= 15 is 0 Å². The van der Waals surface area contributed by atoms with Gasteiger partial charge in [-0.15, -0.1) is 0 Å². The van der Waals surface area contributed by atoms with Crippen LogP contribution in [0.5, 0.6) is 0 Å². The van der Waals surface area contributed by atoms with Gasteiger partial charge in [-0.3, -0.25) is 0 Å². The molecule has 2 atom stereocenters. The standard InChI is InChI=1S/C13H26N2O2S/c1-3-13(2)11-15(8-5-7-14-13)10-12-6-4-9-18(12,16)17/h12,14H,3-11H2,1-2H3. The van der Waals surface area contributed by atoms with E-state index in [9.17, 15) is 8.42 Å². The van der Waals surface area contributed by atoms with Crippen molar-refractivity contribution < 1.29 is 8.42 Å². The highest BCUT2D eigenvalue weighted by atomic mass is 32.2. The van der Waals surface area contributed by atoms with Gasteiger partial charge in [0.2, 0.25) is 0 Å². The smallest absolute Gasteiger partial charge is 0.154 e. The minimum atomic E-state index is -2.80. The zero-order valence-electron chi connectivity index (χ0n) is 11.6. The molecule has 0 bridgehead atoms. The predicted octanol–water partition coefficient (Wildman–Crippen LogP) is 1.03. The van der Waals surface area contributed by atoms with Crippen molar-refractivity contribution in [1.29, 1.82) is 0 Å². The number of hydrogen-bond donors (Lipinski definition) is 1. The predicted molar refractivity (Wildman–Crippen MR) is 74.6 cm³/mol. The Bertz CT molecular complexity index is 382. The maximum Gasteiger partial charge on any atom is 0.154 e. The van der Waals surface area contributed by atoms with Crippen LogP contribution >= 0.6 is 0 Å². The number of hydrogen-bond acceptors (Lipinski definition) is 4. The second-order valence-electron chi connectivity index (χ2n) is 6.06. The van der Waals surface area contributed by atoms with E-state index in [0.29, 0.717) is 5.75 Å². The normalized spacial score (nSPS) is 37.6. The average molecular weight is 274 g/mol. The van der Waals surface area contributed by atoms with Gasteiger partial charge in [0.25, 0.3) is 0 Å². The van der Waals surface area contributed by atoms with Crippen LogP contribution in [0.25, 0.3) is 0 Å². The van der Waals surface area contributed by atoms with Gasteiger partial charge in [0, 0.05) is 18.6 Å². The Kier molecular flexibility index (Phi) is 4.34. The molecule has 0 amide bonds. The molecule has 0 spiro atoms. The van der Waals surface area contributed by atoms with Gasteiger partial charge >= 0.3 is 0 Å². The lowest BCUT2D eigenvalue weighted by Gasteiger charge is -2.33. The largest absolute Gasteiger partial charge is 0.310 e. The number of rotatable bonds is 3. The van der Waals surface area contributed by atoms with Gasteiger partial charge in [0.15, 0.2) is 9.84 Å². The molecule has 1 N–H and O–H groups in total. The second-order valence-corrected chi connectivity index (χ2v) is 8.46. The fourth-order valence-corrected chi connectivity index (χ4v) is 4.93. The summed E-state index contributed by atoms with van der Waals surface area (Å²) in [6.45, 7) is 8.21. The molecule has 0 radical (unpaired) electrons. The average Bonchev–Trinajstić information content (AvgIpc) is 2.53. The fraction of sp³-hybridized carbons (Fsp3) is 1.00. The van der Waals surface area contributed by atoms with Crippen LogP contribution in [0, 0.1) is 0 Å². The lowest BCUT2D eigenvalue weighted by Crippen LogP contribution is -2.50. The molecule has 5 heteroatoms. The monoisotopic (exact) mass is 274 g/mol.